The van der Waals surface area contributed by atoms with Crippen LogP contribution in [-0.2, 0) is 11.2 Å². The molecule has 5 nitrogen and oxygen atoms in total. The smallest absolute Gasteiger partial charge is 0.339 e. The van der Waals surface area contributed by atoms with Gasteiger partial charge in [0.25, 0.3) is 0 Å². The SMILES string of the molecule is CCOC(=O)c1cc(CC)nc2c1c(C1CC1)nn2-c1ccc(F)cc1. The molecule has 0 spiro atoms. The van der Waals surface area contributed by atoms with E-state index in [4.69, 9.17) is 14.8 Å². The summed E-state index contributed by atoms with van der Waals surface area (Å²) in [6.45, 7) is 4.10. The zero-order valence-electron chi connectivity index (χ0n) is 14.8. The van der Waals surface area contributed by atoms with Gasteiger partial charge in [-0.05, 0) is 56.5 Å². The molecule has 0 unspecified atom stereocenters. The van der Waals surface area contributed by atoms with Crippen LogP contribution in [0.3, 0.4) is 0 Å². The number of nitrogens with zero attached hydrogens (tertiary/aromatic N) is 3. The second-order valence-electron chi connectivity index (χ2n) is 6.48. The van der Waals surface area contributed by atoms with Crippen molar-refractivity contribution in [1.82, 2.24) is 14.8 Å². The maximum atomic E-state index is 13.3. The second-order valence-corrected chi connectivity index (χ2v) is 6.48. The number of rotatable bonds is 5. The van der Waals surface area contributed by atoms with Crippen molar-refractivity contribution >= 4 is 17.0 Å². The van der Waals surface area contributed by atoms with Gasteiger partial charge in [-0.3, -0.25) is 0 Å². The fourth-order valence-electron chi connectivity index (χ4n) is 3.15. The molecule has 1 saturated carbocycles. The van der Waals surface area contributed by atoms with E-state index in [-0.39, 0.29) is 11.8 Å². The summed E-state index contributed by atoms with van der Waals surface area (Å²) in [5.74, 6) is -0.321. The predicted octanol–water partition coefficient (Wildman–Crippen LogP) is 4.18. The molecule has 4 rings (SSSR count). The van der Waals surface area contributed by atoms with Gasteiger partial charge in [-0.15, -0.1) is 0 Å². The molecule has 0 atom stereocenters. The van der Waals surface area contributed by atoms with Crippen LogP contribution in [0.2, 0.25) is 0 Å². The van der Waals surface area contributed by atoms with E-state index in [1.54, 1.807) is 23.7 Å². The number of esters is 1. The first-order chi connectivity index (χ1) is 12.6. The minimum Gasteiger partial charge on any atom is -0.462 e. The molecule has 0 bridgehead atoms. The third-order valence-corrected chi connectivity index (χ3v) is 4.61. The van der Waals surface area contributed by atoms with Crippen molar-refractivity contribution in [1.29, 1.82) is 0 Å². The first-order valence-electron chi connectivity index (χ1n) is 8.98. The second kappa shape index (κ2) is 6.52. The molecule has 26 heavy (non-hydrogen) atoms. The van der Waals surface area contributed by atoms with Crippen molar-refractivity contribution < 1.29 is 13.9 Å². The molecule has 0 aliphatic heterocycles. The van der Waals surface area contributed by atoms with Crippen LogP contribution < -0.4 is 0 Å². The minimum absolute atomic E-state index is 0.304. The number of ether oxygens (including phenoxy) is 1. The Morgan fingerprint density at radius 1 is 1.27 bits per heavy atom. The average Bonchev–Trinajstić information content (AvgIpc) is 3.42. The average molecular weight is 353 g/mol. The quantitative estimate of drug-likeness (QED) is 0.646. The van der Waals surface area contributed by atoms with E-state index in [9.17, 15) is 9.18 Å². The van der Waals surface area contributed by atoms with Gasteiger partial charge in [-0.1, -0.05) is 6.92 Å². The molecule has 0 saturated heterocycles. The van der Waals surface area contributed by atoms with Crippen LogP contribution >= 0.6 is 0 Å². The number of halogens is 1. The number of carbonyl (C=O) groups is 1. The van der Waals surface area contributed by atoms with Crippen LogP contribution in [0, 0.1) is 5.82 Å². The normalized spacial score (nSPS) is 14.0. The zero-order valence-corrected chi connectivity index (χ0v) is 14.8. The third kappa shape index (κ3) is 2.85. The number of aryl methyl sites for hydroxylation is 1. The highest BCUT2D eigenvalue weighted by atomic mass is 19.1. The van der Waals surface area contributed by atoms with Crippen molar-refractivity contribution in [2.75, 3.05) is 6.61 Å². The Hall–Kier alpha value is -2.76. The third-order valence-electron chi connectivity index (χ3n) is 4.61. The first kappa shape index (κ1) is 16.7. The molecule has 1 aliphatic rings. The number of carbonyl (C=O) groups excluding carboxylic acids is 1. The van der Waals surface area contributed by atoms with E-state index in [1.807, 2.05) is 13.0 Å². The Labute approximate surface area is 150 Å². The number of pyridine rings is 1. The summed E-state index contributed by atoms with van der Waals surface area (Å²) in [5.41, 5.74) is 3.54. The number of fused-ring (bicyclic) bond motifs is 1. The van der Waals surface area contributed by atoms with Gasteiger partial charge in [-0.2, -0.15) is 5.10 Å². The van der Waals surface area contributed by atoms with Gasteiger partial charge in [0.15, 0.2) is 5.65 Å². The Morgan fingerprint density at radius 2 is 2.00 bits per heavy atom. The molecule has 1 aliphatic carbocycles. The Bertz CT molecular complexity index is 975. The summed E-state index contributed by atoms with van der Waals surface area (Å²) in [7, 11) is 0. The highest BCUT2D eigenvalue weighted by molar-refractivity contribution is 6.04. The van der Waals surface area contributed by atoms with E-state index in [0.29, 0.717) is 30.2 Å². The van der Waals surface area contributed by atoms with Crippen molar-refractivity contribution in [3.8, 4) is 5.69 Å². The number of hydrogen-bond acceptors (Lipinski definition) is 4. The largest absolute Gasteiger partial charge is 0.462 e. The van der Waals surface area contributed by atoms with Crippen LogP contribution in [0.1, 0.15) is 54.4 Å². The maximum absolute atomic E-state index is 13.3. The summed E-state index contributed by atoms with van der Waals surface area (Å²) in [4.78, 5) is 17.3. The van der Waals surface area contributed by atoms with Gasteiger partial charge in [0, 0.05) is 11.6 Å². The van der Waals surface area contributed by atoms with Gasteiger partial charge in [0.2, 0.25) is 0 Å². The van der Waals surface area contributed by atoms with Gasteiger partial charge in [0.05, 0.1) is 28.9 Å². The van der Waals surface area contributed by atoms with Gasteiger partial charge in [0.1, 0.15) is 5.82 Å². The summed E-state index contributed by atoms with van der Waals surface area (Å²) >= 11 is 0. The standard InChI is InChI=1S/C20H20FN3O2/c1-3-14-11-16(20(25)26-4-2)17-18(12-5-6-12)23-24(19(17)22-14)15-9-7-13(21)8-10-15/h7-12H,3-6H2,1-2H3. The fourth-order valence-corrected chi connectivity index (χ4v) is 3.15. The predicted molar refractivity (Wildman–Crippen MR) is 96.1 cm³/mol. The Kier molecular flexibility index (Phi) is 4.18. The van der Waals surface area contributed by atoms with Crippen molar-refractivity contribution in [3.05, 3.63) is 53.1 Å². The maximum Gasteiger partial charge on any atom is 0.339 e. The molecule has 3 aromatic rings. The van der Waals surface area contributed by atoms with E-state index in [0.717, 1.165) is 35.3 Å². The van der Waals surface area contributed by atoms with Crippen LogP contribution in [0.15, 0.2) is 30.3 Å². The minimum atomic E-state index is -0.352. The molecule has 0 N–H and O–H groups in total. The van der Waals surface area contributed by atoms with Crippen molar-refractivity contribution in [2.45, 2.75) is 39.0 Å². The van der Waals surface area contributed by atoms with Gasteiger partial charge < -0.3 is 4.74 Å². The number of aromatic nitrogens is 3. The van der Waals surface area contributed by atoms with Crippen LogP contribution in [-0.4, -0.2) is 27.3 Å². The monoisotopic (exact) mass is 353 g/mol. The van der Waals surface area contributed by atoms with Crippen LogP contribution in [0.5, 0.6) is 0 Å². The zero-order chi connectivity index (χ0) is 18.3. The van der Waals surface area contributed by atoms with E-state index in [1.165, 1.54) is 12.1 Å². The molecule has 2 aromatic heterocycles. The lowest BCUT2D eigenvalue weighted by atomic mass is 10.1. The van der Waals surface area contributed by atoms with Gasteiger partial charge in [-0.25, -0.2) is 18.9 Å². The van der Waals surface area contributed by atoms with Crippen LogP contribution in [0.25, 0.3) is 16.7 Å². The summed E-state index contributed by atoms with van der Waals surface area (Å²) in [5, 5.41) is 5.51. The molecule has 2 heterocycles. The molecule has 0 amide bonds. The molecule has 1 aromatic carbocycles. The molecular formula is C20H20FN3O2. The van der Waals surface area contributed by atoms with Gasteiger partial charge >= 0.3 is 5.97 Å². The molecular weight excluding hydrogens is 333 g/mol. The highest BCUT2D eigenvalue weighted by Crippen LogP contribution is 2.43. The van der Waals surface area contributed by atoms with Crippen LogP contribution in [0.4, 0.5) is 4.39 Å². The molecule has 0 radical (unpaired) electrons. The Balaban J connectivity index is 2.00. The molecule has 1 fully saturated rings. The topological polar surface area (TPSA) is 57.0 Å². The molecule has 6 heteroatoms. The summed E-state index contributed by atoms with van der Waals surface area (Å²) < 4.78 is 20.3. The van der Waals surface area contributed by atoms with E-state index >= 15 is 0 Å². The first-order valence-corrected chi connectivity index (χ1v) is 8.98. The number of hydrogen-bond donors (Lipinski definition) is 0. The summed E-state index contributed by atoms with van der Waals surface area (Å²) in [6, 6.07) is 7.94. The summed E-state index contributed by atoms with van der Waals surface area (Å²) in [6.07, 6.45) is 2.79. The van der Waals surface area contributed by atoms with E-state index in [2.05, 4.69) is 0 Å². The molecule has 134 valence electrons. The van der Waals surface area contributed by atoms with Crippen molar-refractivity contribution in [3.63, 3.8) is 0 Å². The lowest BCUT2D eigenvalue weighted by molar-refractivity contribution is 0.0528. The highest BCUT2D eigenvalue weighted by Gasteiger charge is 2.32. The Morgan fingerprint density at radius 3 is 2.62 bits per heavy atom. The fraction of sp³-hybridized carbons (Fsp3) is 0.350. The lowest BCUT2D eigenvalue weighted by Crippen LogP contribution is -2.08. The lowest BCUT2D eigenvalue weighted by Gasteiger charge is -2.08. The number of benzene rings is 1. The van der Waals surface area contributed by atoms with Crippen molar-refractivity contribution in [2.24, 2.45) is 0 Å². The van der Waals surface area contributed by atoms with E-state index < -0.39 is 0 Å².